The van der Waals surface area contributed by atoms with E-state index in [0.29, 0.717) is 5.57 Å². The van der Waals surface area contributed by atoms with Crippen LogP contribution in [0.5, 0.6) is 0 Å². The van der Waals surface area contributed by atoms with Gasteiger partial charge in [0.05, 0.1) is 11.2 Å². The van der Waals surface area contributed by atoms with Crippen LogP contribution in [-0.4, -0.2) is 10.9 Å². The zero-order valence-electron chi connectivity index (χ0n) is 11.1. The van der Waals surface area contributed by atoms with Crippen molar-refractivity contribution in [2.45, 2.75) is 13.8 Å². The van der Waals surface area contributed by atoms with Crippen LogP contribution in [0.15, 0.2) is 60.3 Å². The van der Waals surface area contributed by atoms with Crippen LogP contribution in [0.3, 0.4) is 0 Å². The third kappa shape index (κ3) is 2.71. The minimum atomic E-state index is -0.129. The monoisotopic (exact) mass is 252 g/mol. The quantitative estimate of drug-likeness (QED) is 0.668. The van der Waals surface area contributed by atoms with Gasteiger partial charge in [0.1, 0.15) is 0 Å². The Morgan fingerprint density at radius 1 is 1.26 bits per heavy atom. The van der Waals surface area contributed by atoms with Gasteiger partial charge in [-0.1, -0.05) is 30.9 Å². The maximum absolute atomic E-state index is 12.1. The molecule has 0 aliphatic carbocycles. The van der Waals surface area contributed by atoms with Crippen molar-refractivity contribution in [1.82, 2.24) is 4.98 Å². The van der Waals surface area contributed by atoms with Gasteiger partial charge >= 0.3 is 0 Å². The minimum Gasteiger partial charge on any atom is -0.320 e. The first-order valence-electron chi connectivity index (χ1n) is 6.08. The molecule has 0 bridgehead atoms. The number of nitrogens with one attached hydrogen (secondary N) is 1. The molecule has 0 saturated heterocycles. The lowest BCUT2D eigenvalue weighted by Gasteiger charge is -2.09. The average molecular weight is 252 g/mol. The number of hydrogen-bond acceptors (Lipinski definition) is 2. The highest BCUT2D eigenvalue weighted by molar-refractivity contribution is 6.08. The van der Waals surface area contributed by atoms with Crippen molar-refractivity contribution in [3.05, 3.63) is 60.3 Å². The molecular weight excluding hydrogens is 236 g/mol. The Labute approximate surface area is 112 Å². The van der Waals surface area contributed by atoms with Crippen LogP contribution in [0.2, 0.25) is 0 Å². The number of pyridine rings is 1. The van der Waals surface area contributed by atoms with Gasteiger partial charge in [0.25, 0.3) is 5.91 Å². The van der Waals surface area contributed by atoms with Gasteiger partial charge in [-0.2, -0.15) is 0 Å². The van der Waals surface area contributed by atoms with Gasteiger partial charge < -0.3 is 5.32 Å². The number of nitrogens with zero attached hydrogens (tertiary/aromatic N) is 1. The Balaban J connectivity index is 2.37. The van der Waals surface area contributed by atoms with E-state index in [1.807, 2.05) is 37.3 Å². The molecule has 96 valence electrons. The van der Waals surface area contributed by atoms with Crippen LogP contribution in [0, 0.1) is 0 Å². The standard InChI is InChI=1S/C16H16N2O/c1-4-11(2)12(3)16(19)18-14-9-5-7-13-8-6-10-17-15(13)14/h4-10H,1H2,2-3H3,(H,18,19)/b12-11+. The number of aromatic nitrogens is 1. The van der Waals surface area contributed by atoms with E-state index >= 15 is 0 Å². The van der Waals surface area contributed by atoms with E-state index in [1.165, 1.54) is 0 Å². The van der Waals surface area contributed by atoms with Crippen LogP contribution in [0.25, 0.3) is 10.9 Å². The zero-order chi connectivity index (χ0) is 13.8. The molecule has 1 aromatic carbocycles. The second-order valence-electron chi connectivity index (χ2n) is 4.35. The molecule has 3 heteroatoms. The van der Waals surface area contributed by atoms with Crippen LogP contribution in [0.1, 0.15) is 13.8 Å². The normalized spacial score (nSPS) is 11.9. The summed E-state index contributed by atoms with van der Waals surface area (Å²) in [5.41, 5.74) is 3.04. The minimum absolute atomic E-state index is 0.129. The fourth-order valence-electron chi connectivity index (χ4n) is 1.75. The number of hydrogen-bond donors (Lipinski definition) is 1. The molecule has 0 fully saturated rings. The summed E-state index contributed by atoms with van der Waals surface area (Å²) in [6.07, 6.45) is 3.39. The van der Waals surface area contributed by atoms with Gasteiger partial charge in [-0.05, 0) is 31.6 Å². The van der Waals surface area contributed by atoms with Crippen molar-refractivity contribution in [2.24, 2.45) is 0 Å². The molecule has 0 aliphatic rings. The highest BCUT2D eigenvalue weighted by Crippen LogP contribution is 2.21. The van der Waals surface area contributed by atoms with Crippen molar-refractivity contribution in [1.29, 1.82) is 0 Å². The Morgan fingerprint density at radius 2 is 2.00 bits per heavy atom. The van der Waals surface area contributed by atoms with Crippen LogP contribution >= 0.6 is 0 Å². The summed E-state index contributed by atoms with van der Waals surface area (Å²) in [6.45, 7) is 7.32. The molecule has 0 spiro atoms. The lowest BCUT2D eigenvalue weighted by molar-refractivity contribution is -0.112. The second-order valence-corrected chi connectivity index (χ2v) is 4.35. The maximum Gasteiger partial charge on any atom is 0.251 e. The molecule has 1 amide bonds. The van der Waals surface area contributed by atoms with Crippen molar-refractivity contribution in [2.75, 3.05) is 5.32 Å². The van der Waals surface area contributed by atoms with E-state index in [1.54, 1.807) is 19.2 Å². The second kappa shape index (κ2) is 5.48. The van der Waals surface area contributed by atoms with Crippen molar-refractivity contribution < 1.29 is 4.79 Å². The SMILES string of the molecule is C=C/C(C)=C(\C)C(=O)Nc1cccc2cccnc12. The fourth-order valence-corrected chi connectivity index (χ4v) is 1.75. The summed E-state index contributed by atoms with van der Waals surface area (Å²) in [6, 6.07) is 9.56. The molecule has 1 N–H and O–H groups in total. The first kappa shape index (κ1) is 13.0. The third-order valence-electron chi connectivity index (χ3n) is 3.12. The first-order chi connectivity index (χ1) is 9.13. The molecule has 0 radical (unpaired) electrons. The topological polar surface area (TPSA) is 42.0 Å². The maximum atomic E-state index is 12.1. The molecule has 1 aromatic heterocycles. The number of benzene rings is 1. The molecule has 0 unspecified atom stereocenters. The van der Waals surface area contributed by atoms with Gasteiger partial charge in [0.15, 0.2) is 0 Å². The zero-order valence-corrected chi connectivity index (χ0v) is 11.1. The molecular formula is C16H16N2O. The Kier molecular flexibility index (Phi) is 3.76. The van der Waals surface area contributed by atoms with Gasteiger partial charge in [0.2, 0.25) is 0 Å². The van der Waals surface area contributed by atoms with E-state index in [4.69, 9.17) is 0 Å². The lowest BCUT2D eigenvalue weighted by atomic mass is 10.1. The largest absolute Gasteiger partial charge is 0.320 e. The Bertz CT molecular complexity index is 666. The third-order valence-corrected chi connectivity index (χ3v) is 3.12. The molecule has 19 heavy (non-hydrogen) atoms. The van der Waals surface area contributed by atoms with E-state index in [2.05, 4.69) is 16.9 Å². The summed E-state index contributed by atoms with van der Waals surface area (Å²) >= 11 is 0. The number of carbonyl (C=O) groups excluding carboxylic acids is 1. The molecule has 0 atom stereocenters. The summed E-state index contributed by atoms with van der Waals surface area (Å²) < 4.78 is 0. The lowest BCUT2D eigenvalue weighted by Crippen LogP contribution is -2.14. The van der Waals surface area contributed by atoms with E-state index < -0.39 is 0 Å². The number of amides is 1. The summed E-state index contributed by atoms with van der Waals surface area (Å²) in [5.74, 6) is -0.129. The molecule has 1 heterocycles. The van der Waals surface area contributed by atoms with Gasteiger partial charge in [0, 0.05) is 17.2 Å². The van der Waals surface area contributed by atoms with Crippen LogP contribution < -0.4 is 5.32 Å². The molecule has 0 aliphatic heterocycles. The molecule has 3 nitrogen and oxygen atoms in total. The van der Waals surface area contributed by atoms with Crippen LogP contribution in [-0.2, 0) is 4.79 Å². The van der Waals surface area contributed by atoms with Gasteiger partial charge in [-0.25, -0.2) is 0 Å². The first-order valence-corrected chi connectivity index (χ1v) is 6.08. The molecule has 2 aromatic rings. The van der Waals surface area contributed by atoms with Crippen molar-refractivity contribution in [3.8, 4) is 0 Å². The van der Waals surface area contributed by atoms with Gasteiger partial charge in [-0.15, -0.1) is 0 Å². The Hall–Kier alpha value is -2.42. The number of anilines is 1. The summed E-state index contributed by atoms with van der Waals surface area (Å²) in [5, 5.41) is 3.90. The summed E-state index contributed by atoms with van der Waals surface area (Å²) in [4.78, 5) is 16.4. The fraction of sp³-hybridized carbons (Fsp3) is 0.125. The highest BCUT2D eigenvalue weighted by Gasteiger charge is 2.09. The highest BCUT2D eigenvalue weighted by atomic mass is 16.1. The summed E-state index contributed by atoms with van der Waals surface area (Å²) in [7, 11) is 0. The molecule has 0 saturated carbocycles. The van der Waals surface area contributed by atoms with E-state index in [0.717, 1.165) is 22.2 Å². The predicted molar refractivity (Wildman–Crippen MR) is 78.9 cm³/mol. The van der Waals surface area contributed by atoms with Crippen molar-refractivity contribution in [3.63, 3.8) is 0 Å². The van der Waals surface area contributed by atoms with Crippen LogP contribution in [0.4, 0.5) is 5.69 Å². The number of carbonyl (C=O) groups is 1. The van der Waals surface area contributed by atoms with E-state index in [9.17, 15) is 4.79 Å². The number of rotatable bonds is 3. The van der Waals surface area contributed by atoms with Crippen molar-refractivity contribution >= 4 is 22.5 Å². The smallest absolute Gasteiger partial charge is 0.251 e. The average Bonchev–Trinajstić information content (AvgIpc) is 2.46. The van der Waals surface area contributed by atoms with Gasteiger partial charge in [-0.3, -0.25) is 9.78 Å². The van der Waals surface area contributed by atoms with E-state index in [-0.39, 0.29) is 5.91 Å². The number of para-hydroxylation sites is 1. The predicted octanol–water partition coefficient (Wildman–Crippen LogP) is 3.70. The Morgan fingerprint density at radius 3 is 2.74 bits per heavy atom. The molecule has 2 rings (SSSR count). The number of fused-ring (bicyclic) bond motifs is 1. The number of allylic oxidation sites excluding steroid dienone is 2.